The van der Waals surface area contributed by atoms with E-state index in [1.165, 1.54) is 123 Å². The number of phosphoric ester groups is 2. The molecular formula is C68H133NO19P2. The van der Waals surface area contributed by atoms with E-state index in [0.717, 1.165) is 128 Å². The summed E-state index contributed by atoms with van der Waals surface area (Å²) in [5.74, 6) is -0.354. The summed E-state index contributed by atoms with van der Waals surface area (Å²) in [7, 11) is -6.99. The Morgan fingerprint density at radius 2 is 0.911 bits per heavy atom. The minimum atomic E-state index is -5.22. The lowest BCUT2D eigenvalue weighted by atomic mass is 9.95. The number of aliphatic hydroxyl groups is 1. The molecule has 0 radical (unpaired) electrons. The van der Waals surface area contributed by atoms with E-state index in [1.54, 1.807) is 7.11 Å². The normalized spacial score (nSPS) is 22.9. The number of ether oxygens (including phenoxy) is 9. The van der Waals surface area contributed by atoms with Gasteiger partial charge in [0, 0.05) is 40.5 Å². The molecule has 2 fully saturated rings. The minimum Gasteiger partial charge on any atom is -0.387 e. The fourth-order valence-corrected chi connectivity index (χ4v) is 12.8. The van der Waals surface area contributed by atoms with E-state index >= 15 is 0 Å². The van der Waals surface area contributed by atoms with Crippen molar-refractivity contribution in [2.24, 2.45) is 0 Å². The lowest BCUT2D eigenvalue weighted by Crippen LogP contribution is -2.67. The van der Waals surface area contributed by atoms with Crippen molar-refractivity contribution in [3.05, 3.63) is 12.2 Å². The number of carbonyl (C=O) groups excluding carboxylic acids is 1. The highest BCUT2D eigenvalue weighted by Crippen LogP contribution is 2.43. The molecule has 2 heterocycles. The van der Waals surface area contributed by atoms with Crippen LogP contribution in [0.3, 0.4) is 0 Å². The summed E-state index contributed by atoms with van der Waals surface area (Å²) in [6.07, 6.45) is 37.1. The molecule has 0 aliphatic carbocycles. The van der Waals surface area contributed by atoms with Gasteiger partial charge in [-0.15, -0.1) is 0 Å². The molecule has 1 amide bonds. The third kappa shape index (κ3) is 43.3. The second kappa shape index (κ2) is 56.1. The van der Waals surface area contributed by atoms with Gasteiger partial charge in [-0.2, -0.15) is 0 Å². The maximum atomic E-state index is 14.2. The van der Waals surface area contributed by atoms with Gasteiger partial charge in [-0.05, 0) is 57.8 Å². The van der Waals surface area contributed by atoms with E-state index in [4.69, 9.17) is 51.7 Å². The monoisotopic (exact) mass is 1330 g/mol. The van der Waals surface area contributed by atoms with Crippen LogP contribution in [0, 0.1) is 0 Å². The molecule has 534 valence electrons. The largest absolute Gasteiger partial charge is 0.470 e. The van der Waals surface area contributed by atoms with Gasteiger partial charge < -0.3 is 72.6 Å². The zero-order valence-electron chi connectivity index (χ0n) is 57.3. The number of phosphoric acid groups is 2. The number of methoxy groups -OCH3 is 2. The van der Waals surface area contributed by atoms with Gasteiger partial charge in [0.25, 0.3) is 0 Å². The topological polar surface area (TPSA) is 266 Å². The van der Waals surface area contributed by atoms with Crippen molar-refractivity contribution < 1.29 is 90.3 Å². The molecule has 11 atom stereocenters. The summed E-state index contributed by atoms with van der Waals surface area (Å²) in [5.41, 5.74) is 0. The molecule has 0 bridgehead atoms. The smallest absolute Gasteiger partial charge is 0.387 e. The predicted octanol–water partition coefficient (Wildman–Crippen LogP) is 15.3. The van der Waals surface area contributed by atoms with Crippen LogP contribution < -0.4 is 5.32 Å². The Balaban J connectivity index is 2.45. The van der Waals surface area contributed by atoms with Gasteiger partial charge in [-0.3, -0.25) is 13.8 Å². The van der Waals surface area contributed by atoms with E-state index in [1.807, 2.05) is 0 Å². The maximum Gasteiger partial charge on any atom is 0.470 e. The predicted molar refractivity (Wildman–Crippen MR) is 355 cm³/mol. The Bertz CT molecular complexity index is 1780. The maximum absolute atomic E-state index is 14.2. The van der Waals surface area contributed by atoms with Crippen molar-refractivity contribution in [3.63, 3.8) is 0 Å². The summed E-state index contributed by atoms with van der Waals surface area (Å²) < 4.78 is 91.8. The number of rotatable bonds is 63. The van der Waals surface area contributed by atoms with E-state index in [2.05, 4.69) is 45.2 Å². The number of aliphatic hydroxyl groups excluding tert-OH is 1. The number of carbonyl (C=O) groups is 1. The van der Waals surface area contributed by atoms with Gasteiger partial charge in [-0.25, -0.2) is 9.13 Å². The minimum absolute atomic E-state index is 0.0694. The van der Waals surface area contributed by atoms with Crippen LogP contribution in [0.4, 0.5) is 0 Å². The van der Waals surface area contributed by atoms with Crippen LogP contribution >= 0.6 is 15.6 Å². The van der Waals surface area contributed by atoms with Crippen LogP contribution in [0.25, 0.3) is 0 Å². The number of nitrogens with one attached hydrogen (secondary N) is 1. The Labute approximate surface area is 546 Å². The van der Waals surface area contributed by atoms with Crippen molar-refractivity contribution >= 4 is 21.6 Å². The molecule has 2 aliphatic heterocycles. The molecule has 2 saturated heterocycles. The Morgan fingerprint density at radius 3 is 1.40 bits per heavy atom. The number of hydrogen-bond donors (Lipinski definition) is 6. The molecule has 0 unspecified atom stereocenters. The average Bonchev–Trinajstić information content (AvgIpc) is 0.859. The zero-order valence-corrected chi connectivity index (χ0v) is 59.1. The van der Waals surface area contributed by atoms with Crippen LogP contribution in [0.5, 0.6) is 0 Å². The molecule has 6 N–H and O–H groups in total. The summed E-state index contributed by atoms with van der Waals surface area (Å²) in [5, 5.41) is 15.5. The highest BCUT2D eigenvalue weighted by Gasteiger charge is 2.53. The lowest BCUT2D eigenvalue weighted by Gasteiger charge is -2.47. The Morgan fingerprint density at radius 1 is 0.456 bits per heavy atom. The molecule has 0 saturated carbocycles. The van der Waals surface area contributed by atoms with Crippen LogP contribution in [0.15, 0.2) is 12.2 Å². The zero-order chi connectivity index (χ0) is 65.8. The summed E-state index contributed by atoms with van der Waals surface area (Å²) >= 11 is 0. The Hall–Kier alpha value is -0.970. The van der Waals surface area contributed by atoms with E-state index < -0.39 is 83.6 Å². The molecule has 0 aromatic heterocycles. The first-order chi connectivity index (χ1) is 43.6. The first-order valence-electron chi connectivity index (χ1n) is 36.1. The van der Waals surface area contributed by atoms with Gasteiger partial charge >= 0.3 is 15.6 Å². The molecule has 90 heavy (non-hydrogen) atoms. The van der Waals surface area contributed by atoms with Crippen molar-refractivity contribution in [2.75, 3.05) is 60.5 Å². The standard InChI is InChI=1S/C68H133NO19P2/c1-7-11-15-19-22-25-28-29-30-31-32-33-36-40-44-48-60(70)69-61-64(82-52-49-57(79-6)47-43-39-18-14-10-4)63(88-90(75,76)77)59(55-78-5)87-67(61)84-56-58-62(71)65(80-50-45-41-37-34-26-23-20-16-12-8-2)66(68(86-58)83-53-54-85-89(72,73)74)81-51-46-42-38-35-27-24-21-17-13-9-3/h29-30,57-59,61-68,71H,7-28,31-56H2,1-6H3,(H,69,70)(H2,72,73,74)(H2,75,76,77)/b30-29+/t57-,58-,59-,61-,62-,63-,64-,65+,66-,67-,68+/m1/s1. The van der Waals surface area contributed by atoms with Crippen molar-refractivity contribution in [3.8, 4) is 0 Å². The van der Waals surface area contributed by atoms with E-state index in [0.29, 0.717) is 26.1 Å². The molecule has 0 spiro atoms. The molecule has 22 heteroatoms. The van der Waals surface area contributed by atoms with Crippen LogP contribution in [-0.2, 0) is 65.6 Å². The molecule has 0 aromatic rings. The summed E-state index contributed by atoms with van der Waals surface area (Å²) in [4.78, 5) is 54.0. The van der Waals surface area contributed by atoms with Crippen LogP contribution in [0.2, 0.25) is 0 Å². The highest BCUT2D eigenvalue weighted by molar-refractivity contribution is 7.46. The van der Waals surface area contributed by atoms with Crippen molar-refractivity contribution in [1.82, 2.24) is 5.32 Å². The van der Waals surface area contributed by atoms with E-state index in [9.17, 15) is 38.6 Å². The first-order valence-corrected chi connectivity index (χ1v) is 39.2. The highest BCUT2D eigenvalue weighted by atomic mass is 31.2. The first kappa shape index (κ1) is 85.1. The van der Waals surface area contributed by atoms with Gasteiger partial charge in [-0.1, -0.05) is 239 Å². The molecule has 0 aromatic carbocycles. The fourth-order valence-electron chi connectivity index (χ4n) is 11.9. The molecular weight excluding hydrogens is 1200 g/mol. The third-order valence-electron chi connectivity index (χ3n) is 17.2. The van der Waals surface area contributed by atoms with Gasteiger partial charge in [0.15, 0.2) is 12.6 Å². The van der Waals surface area contributed by atoms with Crippen LogP contribution in [0.1, 0.15) is 291 Å². The number of amides is 1. The second-order valence-corrected chi connectivity index (χ2v) is 27.7. The quantitative estimate of drug-likeness (QED) is 0.0188. The second-order valence-electron chi connectivity index (χ2n) is 25.3. The molecule has 2 rings (SSSR count). The van der Waals surface area contributed by atoms with Crippen molar-refractivity contribution in [1.29, 1.82) is 0 Å². The fraction of sp³-hybridized carbons (Fsp3) is 0.956. The van der Waals surface area contributed by atoms with Gasteiger partial charge in [0.1, 0.15) is 48.8 Å². The third-order valence-corrected chi connectivity index (χ3v) is 18.3. The van der Waals surface area contributed by atoms with E-state index in [-0.39, 0.29) is 44.9 Å². The Kier molecular flexibility index (Phi) is 53.0. The average molecular weight is 1330 g/mol. The number of hydrogen-bond acceptors (Lipinski definition) is 15. The van der Waals surface area contributed by atoms with Gasteiger partial charge in [0.2, 0.25) is 5.91 Å². The summed E-state index contributed by atoms with van der Waals surface area (Å²) in [6.45, 7) is 8.17. The van der Waals surface area contributed by atoms with Crippen molar-refractivity contribution in [2.45, 2.75) is 358 Å². The molecule has 2 aliphatic rings. The van der Waals surface area contributed by atoms with Crippen LogP contribution in [-0.4, -0.2) is 159 Å². The summed E-state index contributed by atoms with van der Waals surface area (Å²) in [6, 6.07) is -1.21. The molecule has 20 nitrogen and oxygen atoms in total. The van der Waals surface area contributed by atoms with Gasteiger partial charge in [0.05, 0.1) is 32.5 Å². The SMILES string of the molecule is CCCCCCCC/C=C/CCCCCCCC(=O)N[C@H]1[C@H](OC[C@H]2O[C@H](OCCOP(=O)(O)O)[C@H](OCCCCCCCCCCCC)[C@@H](OCCCCCCCCCCCC)[C@@H]2O)O[C@H](COC)[C@@H](OP(=O)(O)O)[C@@H]1OCC[C@@H](CCCCCCC)OC. The lowest BCUT2D eigenvalue weighted by molar-refractivity contribution is -0.331. The number of allylic oxidation sites excluding steroid dienone is 2. The number of unbranched alkanes of at least 4 members (excludes halogenated alkanes) is 33.